The molecule has 0 spiro atoms. The Balaban J connectivity index is 1.34. The van der Waals surface area contributed by atoms with Crippen LogP contribution in [-0.4, -0.2) is 12.1 Å². The summed E-state index contributed by atoms with van der Waals surface area (Å²) in [4.78, 5) is 12.8. The van der Waals surface area contributed by atoms with E-state index in [1.54, 1.807) is 17.4 Å². The molecule has 0 atom stereocenters. The summed E-state index contributed by atoms with van der Waals surface area (Å²) in [6.07, 6.45) is 10.6. The van der Waals surface area contributed by atoms with Crippen molar-refractivity contribution < 1.29 is 22.7 Å². The normalized spacial score (nSPS) is 46.0. The van der Waals surface area contributed by atoms with E-state index in [2.05, 4.69) is 0 Å². The van der Waals surface area contributed by atoms with Crippen LogP contribution in [0.2, 0.25) is 0 Å². The third-order valence-corrected chi connectivity index (χ3v) is 11.7. The summed E-state index contributed by atoms with van der Waals surface area (Å²) in [5.41, 5.74) is 0.370. The van der Waals surface area contributed by atoms with Crippen LogP contribution in [0.4, 0.5) is 13.2 Å². The Morgan fingerprint density at radius 2 is 1.21 bits per heavy atom. The van der Waals surface area contributed by atoms with Gasteiger partial charge in [0, 0.05) is 5.92 Å². The van der Waals surface area contributed by atoms with Crippen LogP contribution in [-0.2, 0) is 4.79 Å². The second-order valence-corrected chi connectivity index (χ2v) is 14.0. The summed E-state index contributed by atoms with van der Waals surface area (Å²) in [5.74, 6) is 3.10. The lowest BCUT2D eigenvalue weighted by Crippen LogP contribution is -2.57. The number of carbonyl (C=O) groups is 1. The maximum atomic E-state index is 13.1. The average Bonchev–Trinajstić information content (AvgIpc) is 3.12. The van der Waals surface area contributed by atoms with Crippen LogP contribution < -0.4 is 4.74 Å². The molecule has 9 rings (SSSR count). The highest BCUT2D eigenvalue weighted by atomic mass is 32.1. The second-order valence-electron chi connectivity index (χ2n) is 13.0. The van der Waals surface area contributed by atoms with Gasteiger partial charge in [0.25, 0.3) is 0 Å². The molecule has 1 heterocycles. The number of hydrogen-bond donors (Lipinski definition) is 0. The Bertz CT molecular complexity index is 848. The van der Waals surface area contributed by atoms with Crippen LogP contribution >= 0.6 is 11.3 Å². The maximum Gasteiger partial charge on any atom is 0.491 e. The number of rotatable bonds is 4. The summed E-state index contributed by atoms with van der Waals surface area (Å²) in [6, 6.07) is 1.64. The van der Waals surface area contributed by atoms with Crippen molar-refractivity contribution >= 4 is 17.3 Å². The van der Waals surface area contributed by atoms with E-state index in [9.17, 15) is 18.0 Å². The lowest BCUT2D eigenvalue weighted by molar-refractivity contribution is -0.190. The average molecular weight is 479 g/mol. The minimum Gasteiger partial charge on any atom is -0.419 e. The van der Waals surface area contributed by atoms with E-state index in [4.69, 9.17) is 4.74 Å². The van der Waals surface area contributed by atoms with Crippen molar-refractivity contribution in [3.63, 3.8) is 0 Å². The molecule has 180 valence electrons. The molecule has 8 saturated carbocycles. The van der Waals surface area contributed by atoms with Gasteiger partial charge in [-0.25, -0.2) is 4.79 Å². The van der Waals surface area contributed by atoms with Crippen molar-refractivity contribution in [1.82, 2.24) is 0 Å². The van der Waals surface area contributed by atoms with Crippen LogP contribution in [0.1, 0.15) is 87.8 Å². The minimum absolute atomic E-state index is 0.185. The van der Waals surface area contributed by atoms with Gasteiger partial charge in [-0.1, -0.05) is 0 Å². The number of esters is 1. The van der Waals surface area contributed by atoms with Crippen LogP contribution in [0.3, 0.4) is 0 Å². The molecule has 0 amide bonds. The van der Waals surface area contributed by atoms with Gasteiger partial charge in [0.1, 0.15) is 5.75 Å². The zero-order valence-corrected chi connectivity index (χ0v) is 19.9. The fourth-order valence-corrected chi connectivity index (χ4v) is 12.2. The van der Waals surface area contributed by atoms with E-state index >= 15 is 0 Å². The molecule has 8 bridgehead atoms. The summed E-state index contributed by atoms with van der Waals surface area (Å²) in [6.45, 7) is 0. The molecule has 0 saturated heterocycles. The van der Waals surface area contributed by atoms with Crippen molar-refractivity contribution in [1.29, 1.82) is 0 Å². The molecular weight excluding hydrogens is 445 g/mol. The number of thiophene rings is 1. The Kier molecular flexibility index (Phi) is 4.52. The topological polar surface area (TPSA) is 26.3 Å². The van der Waals surface area contributed by atoms with Gasteiger partial charge >= 0.3 is 12.1 Å². The van der Waals surface area contributed by atoms with Gasteiger partial charge < -0.3 is 4.74 Å². The molecule has 2 nitrogen and oxygen atoms in total. The van der Waals surface area contributed by atoms with Gasteiger partial charge in [0.15, 0.2) is 0 Å². The zero-order valence-electron chi connectivity index (χ0n) is 19.0. The fraction of sp³-hybridized carbons (Fsp3) is 0.815. The number of ether oxygens (including phenoxy) is 1. The van der Waals surface area contributed by atoms with E-state index in [0.29, 0.717) is 0 Å². The molecule has 0 unspecified atom stereocenters. The quantitative estimate of drug-likeness (QED) is 0.414. The molecule has 0 N–H and O–H groups in total. The highest BCUT2D eigenvalue weighted by Gasteiger charge is 2.64. The first-order chi connectivity index (χ1) is 15.7. The van der Waals surface area contributed by atoms with Gasteiger partial charge in [-0.2, -0.15) is 13.2 Å². The Hall–Kier alpha value is -1.04. The highest BCUT2D eigenvalue weighted by molar-refractivity contribution is 7.10. The summed E-state index contributed by atoms with van der Waals surface area (Å²) in [5, 5.41) is 1.86. The first kappa shape index (κ1) is 21.3. The van der Waals surface area contributed by atoms with E-state index < -0.39 is 12.1 Å². The van der Waals surface area contributed by atoms with Gasteiger partial charge in [-0.3, -0.25) is 0 Å². The lowest BCUT2D eigenvalue weighted by Gasteiger charge is -2.67. The van der Waals surface area contributed by atoms with E-state index in [1.807, 2.05) is 5.38 Å². The van der Waals surface area contributed by atoms with E-state index in [0.717, 1.165) is 40.4 Å². The molecule has 33 heavy (non-hydrogen) atoms. The second kappa shape index (κ2) is 7.01. The molecule has 8 aliphatic rings. The van der Waals surface area contributed by atoms with Crippen molar-refractivity contribution in [3.05, 3.63) is 16.3 Å². The number of carbonyl (C=O) groups excluding carboxylic acids is 1. The van der Waals surface area contributed by atoms with Crippen molar-refractivity contribution in [2.75, 3.05) is 0 Å². The largest absolute Gasteiger partial charge is 0.491 e. The number of halogens is 3. The predicted molar refractivity (Wildman–Crippen MR) is 120 cm³/mol. The fourth-order valence-electron chi connectivity index (χ4n) is 11.0. The van der Waals surface area contributed by atoms with Crippen molar-refractivity contribution in [2.45, 2.75) is 89.1 Å². The smallest absolute Gasteiger partial charge is 0.419 e. The Morgan fingerprint density at radius 1 is 0.818 bits per heavy atom. The number of alkyl halides is 3. The number of hydrogen-bond acceptors (Lipinski definition) is 3. The minimum atomic E-state index is -4.96. The summed E-state index contributed by atoms with van der Waals surface area (Å²) in [7, 11) is 0. The van der Waals surface area contributed by atoms with E-state index in [1.165, 1.54) is 77.0 Å². The van der Waals surface area contributed by atoms with Gasteiger partial charge in [-0.15, -0.1) is 11.3 Å². The first-order valence-electron chi connectivity index (χ1n) is 13.1. The molecule has 0 aromatic carbocycles. The third-order valence-electron chi connectivity index (χ3n) is 10.7. The molecule has 0 radical (unpaired) electrons. The standard InChI is InChI=1S/C27H33F3O2S/c28-27(29,30)24(31)32-21-1-2-33-22(21)23(25-9-15-3-16(10-25)5-17(4-15)11-25)26-12-18-6-19(13-26)8-20(7-18)14-26/h1-2,15-20,23H,3-14H2. The molecule has 1 aromatic heterocycles. The van der Waals surface area contributed by atoms with Crippen LogP contribution in [0.25, 0.3) is 0 Å². The van der Waals surface area contributed by atoms with Crippen LogP contribution in [0.15, 0.2) is 11.4 Å². The molecule has 8 aliphatic carbocycles. The van der Waals surface area contributed by atoms with E-state index in [-0.39, 0.29) is 22.5 Å². The monoisotopic (exact) mass is 478 g/mol. The van der Waals surface area contributed by atoms with Gasteiger partial charge in [0.2, 0.25) is 0 Å². The molecule has 0 aliphatic heterocycles. The zero-order chi connectivity index (χ0) is 22.6. The van der Waals surface area contributed by atoms with Crippen LogP contribution in [0.5, 0.6) is 5.75 Å². The van der Waals surface area contributed by atoms with Crippen molar-refractivity contribution in [2.24, 2.45) is 46.3 Å². The summed E-state index contributed by atoms with van der Waals surface area (Å²) >= 11 is 1.56. The summed E-state index contributed by atoms with van der Waals surface area (Å²) < 4.78 is 44.5. The molecule has 1 aromatic rings. The SMILES string of the molecule is O=C(Oc1ccsc1C(C12CC3CC(CC(C3)C1)C2)C12CC3CC(CC(C3)C1)C2)C(F)(F)F. The Labute approximate surface area is 197 Å². The van der Waals surface area contributed by atoms with Gasteiger partial charge in [-0.05, 0) is 135 Å². The Morgan fingerprint density at radius 3 is 1.58 bits per heavy atom. The first-order valence-corrected chi connectivity index (χ1v) is 14.0. The van der Waals surface area contributed by atoms with Crippen LogP contribution in [0, 0.1) is 46.3 Å². The lowest BCUT2D eigenvalue weighted by atomic mass is 9.38. The molecular formula is C27H33F3O2S. The molecule has 6 heteroatoms. The highest BCUT2D eigenvalue weighted by Crippen LogP contribution is 2.74. The third kappa shape index (κ3) is 3.28. The molecule has 8 fully saturated rings. The van der Waals surface area contributed by atoms with Crippen molar-refractivity contribution in [3.8, 4) is 5.75 Å². The van der Waals surface area contributed by atoms with Gasteiger partial charge in [0.05, 0.1) is 4.88 Å². The maximum absolute atomic E-state index is 13.1. The predicted octanol–water partition coefficient (Wildman–Crippen LogP) is 7.73.